The maximum atomic E-state index is 13.4. The topological polar surface area (TPSA) is 114 Å². The SMILES string of the molecule is Cc1nc(N[C@H](C)c2cc(N)cc(C(F)(F)F)c2)c2cc(S(=O)(=O)C3CC3)c(N3CCCC3)nc2n1. The Labute approximate surface area is 207 Å². The molecule has 1 aliphatic carbocycles. The predicted octanol–water partition coefficient (Wildman–Crippen LogP) is 4.64. The molecule has 2 fully saturated rings. The third kappa shape index (κ3) is 4.65. The smallest absolute Gasteiger partial charge is 0.399 e. The van der Waals surface area contributed by atoms with E-state index in [1.165, 1.54) is 6.07 Å². The van der Waals surface area contributed by atoms with Crippen molar-refractivity contribution >= 4 is 38.2 Å². The number of aryl methyl sites for hydroxylation is 1. The summed E-state index contributed by atoms with van der Waals surface area (Å²) >= 11 is 0. The molecule has 1 aromatic carbocycles. The number of alkyl halides is 3. The van der Waals surface area contributed by atoms with Gasteiger partial charge in [0.1, 0.15) is 22.4 Å². The van der Waals surface area contributed by atoms with E-state index < -0.39 is 32.9 Å². The van der Waals surface area contributed by atoms with Crippen molar-refractivity contribution in [1.29, 1.82) is 0 Å². The molecule has 3 N–H and O–H groups in total. The van der Waals surface area contributed by atoms with E-state index in [0.29, 0.717) is 46.9 Å². The maximum absolute atomic E-state index is 13.4. The van der Waals surface area contributed by atoms with Gasteiger partial charge in [0.15, 0.2) is 15.5 Å². The van der Waals surface area contributed by atoms with Gasteiger partial charge in [0.2, 0.25) is 0 Å². The van der Waals surface area contributed by atoms with Crippen LogP contribution in [-0.2, 0) is 16.0 Å². The molecule has 0 unspecified atom stereocenters. The monoisotopic (exact) mass is 520 g/mol. The van der Waals surface area contributed by atoms with Crippen LogP contribution in [0.25, 0.3) is 11.0 Å². The highest BCUT2D eigenvalue weighted by Crippen LogP contribution is 2.40. The van der Waals surface area contributed by atoms with Crippen LogP contribution >= 0.6 is 0 Å². The molecule has 192 valence electrons. The zero-order valence-corrected chi connectivity index (χ0v) is 20.7. The number of hydrogen-bond donors (Lipinski definition) is 2. The highest BCUT2D eigenvalue weighted by molar-refractivity contribution is 7.92. The Hall–Kier alpha value is -3.15. The lowest BCUT2D eigenvalue weighted by atomic mass is 10.0. The van der Waals surface area contributed by atoms with Crippen LogP contribution in [0.2, 0.25) is 0 Å². The van der Waals surface area contributed by atoms with Gasteiger partial charge in [0.25, 0.3) is 0 Å². The van der Waals surface area contributed by atoms with Gasteiger partial charge in [0.05, 0.1) is 22.2 Å². The zero-order chi connectivity index (χ0) is 25.8. The Morgan fingerprint density at radius 1 is 1.08 bits per heavy atom. The number of aromatic nitrogens is 3. The van der Waals surface area contributed by atoms with Crippen molar-refractivity contribution in [2.45, 2.75) is 61.9 Å². The summed E-state index contributed by atoms with van der Waals surface area (Å²) in [4.78, 5) is 15.7. The zero-order valence-electron chi connectivity index (χ0n) is 19.9. The van der Waals surface area contributed by atoms with Crippen molar-refractivity contribution in [3.8, 4) is 0 Å². The Morgan fingerprint density at radius 3 is 2.42 bits per heavy atom. The number of nitrogens with zero attached hydrogens (tertiary/aromatic N) is 4. The van der Waals surface area contributed by atoms with Crippen molar-refractivity contribution in [1.82, 2.24) is 15.0 Å². The van der Waals surface area contributed by atoms with Crippen LogP contribution in [0.3, 0.4) is 0 Å². The first-order valence-electron chi connectivity index (χ1n) is 11.9. The fourth-order valence-corrected chi connectivity index (χ4v) is 6.37. The van der Waals surface area contributed by atoms with E-state index >= 15 is 0 Å². The second kappa shape index (κ2) is 8.75. The Morgan fingerprint density at radius 2 is 1.78 bits per heavy atom. The molecule has 1 aliphatic heterocycles. The highest BCUT2D eigenvalue weighted by Gasteiger charge is 2.40. The summed E-state index contributed by atoms with van der Waals surface area (Å²) in [5.41, 5.74) is 5.54. The molecule has 1 saturated carbocycles. The van der Waals surface area contributed by atoms with Gasteiger partial charge in [-0.1, -0.05) is 0 Å². The molecule has 0 radical (unpaired) electrons. The fraction of sp³-hybridized carbons (Fsp3) is 0.458. The second-order valence-corrected chi connectivity index (χ2v) is 11.7. The average Bonchev–Trinajstić information content (AvgIpc) is 3.53. The van der Waals surface area contributed by atoms with E-state index in [1.807, 2.05) is 4.90 Å². The molecular formula is C24H27F3N6O2S. The van der Waals surface area contributed by atoms with Crippen LogP contribution < -0.4 is 16.0 Å². The van der Waals surface area contributed by atoms with Crippen LogP contribution in [0.1, 0.15) is 55.6 Å². The van der Waals surface area contributed by atoms with E-state index in [2.05, 4.69) is 20.3 Å². The molecule has 3 aromatic rings. The number of pyridine rings is 1. The lowest BCUT2D eigenvalue weighted by Crippen LogP contribution is -2.23. The van der Waals surface area contributed by atoms with Crippen molar-refractivity contribution in [2.75, 3.05) is 29.0 Å². The summed E-state index contributed by atoms with van der Waals surface area (Å²) < 4.78 is 66.7. The van der Waals surface area contributed by atoms with Gasteiger partial charge >= 0.3 is 6.18 Å². The summed E-state index contributed by atoms with van der Waals surface area (Å²) in [5, 5.41) is 3.11. The molecule has 36 heavy (non-hydrogen) atoms. The summed E-state index contributed by atoms with van der Waals surface area (Å²) in [6.45, 7) is 4.80. The lowest BCUT2D eigenvalue weighted by molar-refractivity contribution is -0.137. The maximum Gasteiger partial charge on any atom is 0.416 e. The highest BCUT2D eigenvalue weighted by atomic mass is 32.2. The Balaban J connectivity index is 1.61. The standard InChI is InChI=1S/C24H27F3N6O2S/c1-13(15-9-16(24(25,26)27)11-17(28)10-15)29-21-19-12-20(36(34,35)18-5-6-18)23(33-7-3-4-8-33)32-22(19)31-14(2)30-21/h9-13,18H,3-8,28H2,1-2H3,(H,29,30,31,32)/t13-/m1/s1. The number of nitrogens with one attached hydrogen (secondary N) is 1. The molecule has 5 rings (SSSR count). The molecule has 1 atom stereocenters. The summed E-state index contributed by atoms with van der Waals surface area (Å²) in [6.07, 6.45) is -1.40. The summed E-state index contributed by atoms with van der Waals surface area (Å²) in [7, 11) is -3.59. The van der Waals surface area contributed by atoms with Crippen LogP contribution in [-0.4, -0.2) is 41.7 Å². The molecule has 2 aliphatic rings. The van der Waals surface area contributed by atoms with E-state index in [1.54, 1.807) is 19.9 Å². The molecule has 0 bridgehead atoms. The van der Waals surface area contributed by atoms with Gasteiger partial charge in [-0.15, -0.1) is 0 Å². The largest absolute Gasteiger partial charge is 0.416 e. The van der Waals surface area contributed by atoms with Crippen LogP contribution in [0, 0.1) is 6.92 Å². The minimum atomic E-state index is -4.54. The Kier molecular flexibility index (Phi) is 5.97. The number of hydrogen-bond acceptors (Lipinski definition) is 8. The number of fused-ring (bicyclic) bond motifs is 1. The molecule has 1 saturated heterocycles. The van der Waals surface area contributed by atoms with Crippen molar-refractivity contribution in [3.63, 3.8) is 0 Å². The number of benzene rings is 1. The first-order valence-corrected chi connectivity index (χ1v) is 13.4. The van der Waals surface area contributed by atoms with Crippen LogP contribution in [0.5, 0.6) is 0 Å². The number of rotatable bonds is 6. The van der Waals surface area contributed by atoms with E-state index in [9.17, 15) is 21.6 Å². The van der Waals surface area contributed by atoms with Crippen molar-refractivity contribution in [2.24, 2.45) is 0 Å². The van der Waals surface area contributed by atoms with Gasteiger partial charge in [-0.3, -0.25) is 0 Å². The summed E-state index contributed by atoms with van der Waals surface area (Å²) in [5.74, 6) is 1.11. The normalized spacial score (nSPS) is 17.5. The molecular weight excluding hydrogens is 493 g/mol. The van der Waals surface area contributed by atoms with E-state index in [4.69, 9.17) is 5.73 Å². The van der Waals surface area contributed by atoms with E-state index in [0.717, 1.165) is 38.1 Å². The molecule has 0 spiro atoms. The number of sulfone groups is 1. The van der Waals surface area contributed by atoms with Gasteiger partial charge in [0, 0.05) is 18.8 Å². The summed E-state index contributed by atoms with van der Waals surface area (Å²) in [6, 6.07) is 4.35. The molecule has 0 amide bonds. The lowest BCUT2D eigenvalue weighted by Gasteiger charge is -2.22. The van der Waals surface area contributed by atoms with Crippen LogP contribution in [0.4, 0.5) is 30.5 Å². The van der Waals surface area contributed by atoms with Gasteiger partial charge in [-0.25, -0.2) is 23.4 Å². The van der Waals surface area contributed by atoms with Gasteiger partial charge < -0.3 is 16.0 Å². The Bertz CT molecular complexity index is 1430. The predicted molar refractivity (Wildman–Crippen MR) is 132 cm³/mol. The molecule has 12 heteroatoms. The average molecular weight is 521 g/mol. The molecule has 8 nitrogen and oxygen atoms in total. The molecule has 2 aromatic heterocycles. The van der Waals surface area contributed by atoms with Gasteiger partial charge in [-0.2, -0.15) is 13.2 Å². The first kappa shape index (κ1) is 24.5. The van der Waals surface area contributed by atoms with Crippen molar-refractivity contribution < 1.29 is 21.6 Å². The minimum Gasteiger partial charge on any atom is -0.399 e. The fourth-order valence-electron chi connectivity index (χ4n) is 4.55. The third-order valence-corrected chi connectivity index (χ3v) is 8.84. The van der Waals surface area contributed by atoms with Crippen molar-refractivity contribution in [3.05, 3.63) is 41.2 Å². The number of nitrogens with two attached hydrogens (primary N) is 1. The van der Waals surface area contributed by atoms with E-state index in [-0.39, 0.29) is 10.6 Å². The quantitative estimate of drug-likeness (QED) is 0.452. The second-order valence-electron chi connectivity index (χ2n) is 9.49. The number of nitrogen functional groups attached to an aromatic ring is 1. The van der Waals surface area contributed by atoms with Crippen LogP contribution in [0.15, 0.2) is 29.2 Å². The minimum absolute atomic E-state index is 0.00747. The molecule has 3 heterocycles. The number of anilines is 3. The van der Waals surface area contributed by atoms with Gasteiger partial charge in [-0.05, 0) is 69.4 Å². The third-order valence-electron chi connectivity index (χ3n) is 6.58. The number of halogens is 3. The first-order chi connectivity index (χ1) is 16.9.